The zero-order valence-corrected chi connectivity index (χ0v) is 8.08. The molecule has 0 aromatic carbocycles. The van der Waals surface area contributed by atoms with E-state index in [2.05, 4.69) is 9.13 Å². The van der Waals surface area contributed by atoms with Crippen LogP contribution in [0.5, 0.6) is 0 Å². The third kappa shape index (κ3) is 7.90. The molecule has 0 fully saturated rings. The molecule has 0 heterocycles. The first kappa shape index (κ1) is 11.0. The Morgan fingerprint density at radius 2 is 2.18 bits per heavy atom. The van der Waals surface area contributed by atoms with E-state index in [4.69, 9.17) is 22.3 Å². The topological polar surface area (TPSA) is 55.7 Å². The van der Waals surface area contributed by atoms with Gasteiger partial charge in [0, 0.05) is 10.7 Å². The Bertz CT molecular complexity index is 236. The van der Waals surface area contributed by atoms with Crippen molar-refractivity contribution in [1.29, 1.82) is 0 Å². The zero-order chi connectivity index (χ0) is 8.91. The van der Waals surface area contributed by atoms with E-state index in [1.54, 1.807) is 0 Å². The number of nitrogens with zero attached hydrogens (tertiary/aromatic N) is 1. The number of hydrogen-bond acceptors (Lipinski definition) is 3. The van der Waals surface area contributed by atoms with E-state index >= 15 is 0 Å². The Hall–Kier alpha value is -0.000000000000000111. The van der Waals surface area contributed by atoms with Crippen LogP contribution in [0.25, 0.3) is 0 Å². The lowest BCUT2D eigenvalue weighted by atomic mass is 10.5. The fourth-order valence-corrected chi connectivity index (χ4v) is 1.17. The van der Waals surface area contributed by atoms with E-state index in [0.717, 1.165) is 0 Å². The average molecular weight is 220 g/mol. The fraction of sp³-hybridized carbons (Fsp3) is 0.750. The van der Waals surface area contributed by atoms with Crippen LogP contribution < -0.4 is 0 Å². The van der Waals surface area contributed by atoms with Crippen molar-refractivity contribution in [2.24, 2.45) is 4.40 Å². The van der Waals surface area contributed by atoms with Gasteiger partial charge in [0.2, 0.25) is 0 Å². The zero-order valence-electron chi connectivity index (χ0n) is 5.75. The summed E-state index contributed by atoms with van der Waals surface area (Å²) in [5, 5.41) is -0.457. The van der Waals surface area contributed by atoms with Gasteiger partial charge in [-0.25, -0.2) is 0 Å². The molecule has 0 aromatic heterocycles. The highest BCUT2D eigenvalue weighted by Crippen LogP contribution is 2.01. The molecule has 11 heavy (non-hydrogen) atoms. The molecule has 0 saturated heterocycles. The van der Waals surface area contributed by atoms with Gasteiger partial charge in [-0.1, -0.05) is 6.92 Å². The Kier molecular flexibility index (Phi) is 4.79. The van der Waals surface area contributed by atoms with E-state index in [1.165, 1.54) is 0 Å². The maximum atomic E-state index is 10.2. The van der Waals surface area contributed by atoms with Gasteiger partial charge >= 0.3 is 9.24 Å². The highest BCUT2D eigenvalue weighted by Gasteiger charge is 2.03. The van der Waals surface area contributed by atoms with Crippen LogP contribution in [0.15, 0.2) is 4.40 Å². The lowest BCUT2D eigenvalue weighted by Gasteiger charge is -1.97. The minimum Gasteiger partial charge on any atom is -0.469 e. The van der Waals surface area contributed by atoms with E-state index in [1.807, 2.05) is 6.92 Å². The van der Waals surface area contributed by atoms with Crippen molar-refractivity contribution in [2.75, 3.05) is 6.61 Å². The molecule has 0 saturated carbocycles. The van der Waals surface area contributed by atoms with E-state index in [9.17, 15) is 8.42 Å². The van der Waals surface area contributed by atoms with Crippen LogP contribution >= 0.6 is 22.3 Å². The van der Waals surface area contributed by atoms with Gasteiger partial charge in [-0.05, 0) is 18.0 Å². The molecule has 0 aliphatic carbocycles. The maximum absolute atomic E-state index is 10.2. The van der Waals surface area contributed by atoms with Gasteiger partial charge in [0.05, 0.1) is 6.61 Å². The standard InChI is InChI=1S/C4H7Cl2NO3S/c1-2-3-10-4(5)7-11(6,8)9/h2-3H2,1H3/b7-4+. The summed E-state index contributed by atoms with van der Waals surface area (Å²) < 4.78 is 27.9. The highest BCUT2D eigenvalue weighted by atomic mass is 35.7. The van der Waals surface area contributed by atoms with Gasteiger partial charge < -0.3 is 4.74 Å². The van der Waals surface area contributed by atoms with E-state index in [-0.39, 0.29) is 0 Å². The van der Waals surface area contributed by atoms with Gasteiger partial charge in [0.25, 0.3) is 5.36 Å². The summed E-state index contributed by atoms with van der Waals surface area (Å²) in [4.78, 5) is 0. The van der Waals surface area contributed by atoms with Crippen molar-refractivity contribution < 1.29 is 13.2 Å². The van der Waals surface area contributed by atoms with Crippen molar-refractivity contribution in [3.63, 3.8) is 0 Å². The quantitative estimate of drug-likeness (QED) is 0.411. The Morgan fingerprint density at radius 1 is 1.64 bits per heavy atom. The van der Waals surface area contributed by atoms with Crippen LogP contribution in [-0.2, 0) is 14.0 Å². The summed E-state index contributed by atoms with van der Waals surface area (Å²) in [6.45, 7) is 2.16. The number of hydrogen-bond donors (Lipinski definition) is 0. The molecule has 0 radical (unpaired) electrons. The van der Waals surface area contributed by atoms with Gasteiger partial charge in [-0.3, -0.25) is 0 Å². The maximum Gasteiger partial charge on any atom is 0.343 e. The smallest absolute Gasteiger partial charge is 0.343 e. The number of halogens is 2. The molecule has 66 valence electrons. The molecule has 7 heteroatoms. The van der Waals surface area contributed by atoms with Gasteiger partial charge in [-0.2, -0.15) is 8.42 Å². The minimum atomic E-state index is -3.95. The average Bonchev–Trinajstić information content (AvgIpc) is 1.79. The third-order valence-electron chi connectivity index (χ3n) is 0.606. The molecule has 0 aliphatic heterocycles. The molecule has 0 rings (SSSR count). The summed E-state index contributed by atoms with van der Waals surface area (Å²) in [7, 11) is 0.777. The summed E-state index contributed by atoms with van der Waals surface area (Å²) in [5.74, 6) is 0. The van der Waals surface area contributed by atoms with Crippen LogP contribution in [0.4, 0.5) is 0 Å². The molecule has 0 N–H and O–H groups in total. The summed E-state index contributed by atoms with van der Waals surface area (Å²) in [6.07, 6.45) is 0.716. The first-order valence-corrected chi connectivity index (χ1v) is 5.43. The van der Waals surface area contributed by atoms with Crippen molar-refractivity contribution in [3.05, 3.63) is 0 Å². The first-order chi connectivity index (χ1) is 4.95. The largest absolute Gasteiger partial charge is 0.469 e. The third-order valence-corrected chi connectivity index (χ3v) is 1.49. The second-order valence-electron chi connectivity index (χ2n) is 1.60. The lowest BCUT2D eigenvalue weighted by Crippen LogP contribution is -1.99. The predicted molar refractivity (Wildman–Crippen MR) is 44.3 cm³/mol. The second-order valence-corrected chi connectivity index (χ2v) is 4.10. The number of ether oxygens (including phenoxy) is 1. The van der Waals surface area contributed by atoms with Crippen LogP contribution in [0.2, 0.25) is 0 Å². The molecular formula is C4H7Cl2NO3S. The Morgan fingerprint density at radius 3 is 2.55 bits per heavy atom. The van der Waals surface area contributed by atoms with Gasteiger partial charge in [0.1, 0.15) is 0 Å². The normalized spacial score (nSPS) is 13.2. The second kappa shape index (κ2) is 4.79. The molecule has 0 spiro atoms. The molecular weight excluding hydrogens is 213 g/mol. The van der Waals surface area contributed by atoms with Crippen LogP contribution in [-0.4, -0.2) is 20.4 Å². The molecule has 0 bridgehead atoms. The highest BCUT2D eigenvalue weighted by molar-refractivity contribution is 8.12. The molecule has 0 unspecified atom stereocenters. The fourth-order valence-electron chi connectivity index (χ4n) is 0.298. The molecule has 0 aromatic rings. The van der Waals surface area contributed by atoms with Crippen LogP contribution in [0.3, 0.4) is 0 Å². The molecule has 0 atom stereocenters. The minimum absolute atomic E-state index is 0.314. The summed E-state index contributed by atoms with van der Waals surface area (Å²) in [6, 6.07) is 0. The van der Waals surface area contributed by atoms with Crippen LogP contribution in [0, 0.1) is 0 Å². The summed E-state index contributed by atoms with van der Waals surface area (Å²) >= 11 is 5.21. The summed E-state index contributed by atoms with van der Waals surface area (Å²) in [5.41, 5.74) is 0. The van der Waals surface area contributed by atoms with E-state index < -0.39 is 14.6 Å². The monoisotopic (exact) mass is 219 g/mol. The van der Waals surface area contributed by atoms with Crippen molar-refractivity contribution >= 4 is 36.9 Å². The molecule has 4 nitrogen and oxygen atoms in total. The van der Waals surface area contributed by atoms with Crippen molar-refractivity contribution in [1.82, 2.24) is 0 Å². The SMILES string of the molecule is CCCO/C(Cl)=N/S(=O)(=O)Cl. The number of rotatable bonds is 3. The van der Waals surface area contributed by atoms with Crippen molar-refractivity contribution in [3.8, 4) is 0 Å². The molecule has 0 amide bonds. The van der Waals surface area contributed by atoms with Crippen LogP contribution in [0.1, 0.15) is 13.3 Å². The van der Waals surface area contributed by atoms with Crippen molar-refractivity contribution in [2.45, 2.75) is 13.3 Å². The van der Waals surface area contributed by atoms with Gasteiger partial charge in [-0.15, -0.1) is 4.40 Å². The Labute approximate surface area is 74.7 Å². The first-order valence-electron chi connectivity index (χ1n) is 2.78. The Balaban J connectivity index is 4.02. The molecule has 0 aliphatic rings. The van der Waals surface area contributed by atoms with E-state index in [0.29, 0.717) is 13.0 Å². The van der Waals surface area contributed by atoms with Gasteiger partial charge in [0.15, 0.2) is 0 Å². The lowest BCUT2D eigenvalue weighted by molar-refractivity contribution is 0.314. The predicted octanol–water partition coefficient (Wildman–Crippen LogP) is 1.49.